The molecule has 1 saturated heterocycles. The largest absolute Gasteiger partial charge is 0.494 e. The highest BCUT2D eigenvalue weighted by molar-refractivity contribution is 8.18. The molecule has 1 aliphatic heterocycles. The van der Waals surface area contributed by atoms with Crippen LogP contribution in [0.5, 0.6) is 5.75 Å². The molecule has 5 nitrogen and oxygen atoms in total. The number of likely N-dealkylation sites (N-methyl/N-ethyl adjacent to an activating group) is 1. The molecule has 2 heterocycles. The Balaban J connectivity index is 1.66. The molecule has 6 heteroatoms. The predicted octanol–water partition coefficient (Wildman–Crippen LogP) is 6.43. The third kappa shape index (κ3) is 4.62. The summed E-state index contributed by atoms with van der Waals surface area (Å²) in [5.41, 5.74) is 6.47. The predicted molar refractivity (Wildman–Crippen MR) is 138 cm³/mol. The first-order valence-electron chi connectivity index (χ1n) is 11.2. The van der Waals surface area contributed by atoms with Gasteiger partial charge in [-0.1, -0.05) is 18.2 Å². The van der Waals surface area contributed by atoms with Crippen molar-refractivity contribution in [2.24, 2.45) is 4.99 Å². The number of nitrogens with zero attached hydrogens (tertiary/aromatic N) is 3. The molecule has 33 heavy (non-hydrogen) atoms. The highest BCUT2D eigenvalue weighted by atomic mass is 32.2. The second kappa shape index (κ2) is 9.71. The molecule has 2 aromatic carbocycles. The molecule has 1 aliphatic rings. The summed E-state index contributed by atoms with van der Waals surface area (Å²) in [5, 5.41) is 0.700. The Hall–Kier alpha value is -3.25. The monoisotopic (exact) mass is 459 g/mol. The van der Waals surface area contributed by atoms with Gasteiger partial charge in [-0.3, -0.25) is 9.69 Å². The molecule has 1 fully saturated rings. The van der Waals surface area contributed by atoms with Crippen molar-refractivity contribution in [3.8, 4) is 11.4 Å². The average Bonchev–Trinajstić information content (AvgIpc) is 3.25. The van der Waals surface area contributed by atoms with Crippen LogP contribution in [-0.4, -0.2) is 33.7 Å². The lowest BCUT2D eigenvalue weighted by Crippen LogP contribution is -2.28. The second-order valence-corrected chi connectivity index (χ2v) is 8.94. The maximum atomic E-state index is 13.1. The number of benzene rings is 2. The minimum Gasteiger partial charge on any atom is -0.494 e. The van der Waals surface area contributed by atoms with Crippen LogP contribution in [0.4, 0.5) is 5.69 Å². The second-order valence-electron chi connectivity index (χ2n) is 7.93. The van der Waals surface area contributed by atoms with Gasteiger partial charge in [0, 0.05) is 23.6 Å². The van der Waals surface area contributed by atoms with E-state index in [0.29, 0.717) is 23.2 Å². The van der Waals surface area contributed by atoms with Crippen LogP contribution in [0.2, 0.25) is 0 Å². The van der Waals surface area contributed by atoms with Crippen LogP contribution >= 0.6 is 11.8 Å². The molecule has 0 unspecified atom stereocenters. The van der Waals surface area contributed by atoms with E-state index in [4.69, 9.17) is 9.73 Å². The Morgan fingerprint density at radius 2 is 1.76 bits per heavy atom. The van der Waals surface area contributed by atoms with Crippen molar-refractivity contribution in [1.82, 2.24) is 9.47 Å². The Labute approximate surface area is 199 Å². The SMILES string of the molecule is CCOc1ccc(N=C2S/C(=C\c3cc(C)n(-c4ccccc4C)c3C)C(=O)N2CC)cc1. The van der Waals surface area contributed by atoms with Crippen molar-refractivity contribution >= 4 is 34.6 Å². The number of hydrogen-bond donors (Lipinski definition) is 0. The van der Waals surface area contributed by atoms with Gasteiger partial charge in [0.15, 0.2) is 5.17 Å². The summed E-state index contributed by atoms with van der Waals surface area (Å²) in [7, 11) is 0. The lowest BCUT2D eigenvalue weighted by Gasteiger charge is -2.12. The van der Waals surface area contributed by atoms with E-state index in [2.05, 4.69) is 49.6 Å². The number of aliphatic imine (C=N–C) groups is 1. The maximum Gasteiger partial charge on any atom is 0.266 e. The van der Waals surface area contributed by atoms with E-state index in [1.54, 1.807) is 4.90 Å². The first-order valence-corrected chi connectivity index (χ1v) is 12.0. The molecule has 170 valence electrons. The van der Waals surface area contributed by atoms with E-state index in [1.165, 1.54) is 17.3 Å². The Kier molecular flexibility index (Phi) is 6.75. The van der Waals surface area contributed by atoms with Gasteiger partial charge in [-0.25, -0.2) is 4.99 Å². The van der Waals surface area contributed by atoms with Crippen molar-refractivity contribution in [1.29, 1.82) is 0 Å². The minimum absolute atomic E-state index is 0.00659. The molecule has 1 amide bonds. The number of hydrogen-bond acceptors (Lipinski definition) is 4. The van der Waals surface area contributed by atoms with Crippen molar-refractivity contribution in [3.05, 3.63) is 82.0 Å². The summed E-state index contributed by atoms with van der Waals surface area (Å²) in [6, 6.07) is 18.1. The molecule has 0 atom stereocenters. The van der Waals surface area contributed by atoms with Gasteiger partial charge in [-0.2, -0.15) is 0 Å². The zero-order chi connectivity index (χ0) is 23.5. The average molecular weight is 460 g/mol. The molecule has 0 spiro atoms. The van der Waals surface area contributed by atoms with E-state index in [0.717, 1.165) is 34.1 Å². The van der Waals surface area contributed by atoms with E-state index >= 15 is 0 Å². The summed E-state index contributed by atoms with van der Waals surface area (Å²) in [6.07, 6.45) is 1.99. The number of rotatable bonds is 6. The summed E-state index contributed by atoms with van der Waals surface area (Å²) < 4.78 is 7.75. The van der Waals surface area contributed by atoms with Crippen LogP contribution in [0, 0.1) is 20.8 Å². The minimum atomic E-state index is -0.00659. The van der Waals surface area contributed by atoms with Crippen LogP contribution in [0.1, 0.15) is 36.4 Å². The smallest absolute Gasteiger partial charge is 0.266 e. The number of ether oxygens (including phenoxy) is 1. The summed E-state index contributed by atoms with van der Waals surface area (Å²) in [5.74, 6) is 0.807. The summed E-state index contributed by atoms with van der Waals surface area (Å²) in [4.78, 5) is 20.3. The first kappa shape index (κ1) is 22.9. The van der Waals surface area contributed by atoms with Gasteiger partial charge in [0.05, 0.1) is 17.2 Å². The molecule has 0 radical (unpaired) electrons. The molecular weight excluding hydrogens is 430 g/mol. The summed E-state index contributed by atoms with van der Waals surface area (Å²) >= 11 is 1.43. The number of amides is 1. The highest BCUT2D eigenvalue weighted by Gasteiger charge is 2.32. The topological polar surface area (TPSA) is 46.8 Å². The Morgan fingerprint density at radius 3 is 2.42 bits per heavy atom. The zero-order valence-electron chi connectivity index (χ0n) is 19.8. The van der Waals surface area contributed by atoms with Crippen LogP contribution in [-0.2, 0) is 4.79 Å². The third-order valence-electron chi connectivity index (χ3n) is 5.69. The van der Waals surface area contributed by atoms with Gasteiger partial charge in [0.2, 0.25) is 0 Å². The van der Waals surface area contributed by atoms with Gasteiger partial charge in [-0.05, 0) is 100.0 Å². The van der Waals surface area contributed by atoms with Crippen molar-refractivity contribution < 1.29 is 9.53 Å². The lowest BCUT2D eigenvalue weighted by atomic mass is 10.2. The van der Waals surface area contributed by atoms with Crippen molar-refractivity contribution in [3.63, 3.8) is 0 Å². The van der Waals surface area contributed by atoms with E-state index in [1.807, 2.05) is 50.3 Å². The summed E-state index contributed by atoms with van der Waals surface area (Å²) in [6.45, 7) is 11.4. The number of thioether (sulfide) groups is 1. The maximum absolute atomic E-state index is 13.1. The quantitative estimate of drug-likeness (QED) is 0.399. The van der Waals surface area contributed by atoms with E-state index in [-0.39, 0.29) is 5.91 Å². The zero-order valence-corrected chi connectivity index (χ0v) is 20.6. The van der Waals surface area contributed by atoms with Gasteiger partial charge < -0.3 is 9.30 Å². The van der Waals surface area contributed by atoms with E-state index < -0.39 is 0 Å². The molecule has 0 saturated carbocycles. The number of carbonyl (C=O) groups excluding carboxylic acids is 1. The molecule has 4 rings (SSSR count). The fourth-order valence-electron chi connectivity index (χ4n) is 4.02. The molecule has 0 aliphatic carbocycles. The Morgan fingerprint density at radius 1 is 1.03 bits per heavy atom. The number of aryl methyl sites for hydroxylation is 2. The lowest BCUT2D eigenvalue weighted by molar-refractivity contribution is -0.122. The standard InChI is InChI=1S/C27H29N3O2S/c1-6-29-26(31)25(33-27(29)28-22-12-14-23(15-13-22)32-7-2)17-21-16-19(4)30(20(21)5)24-11-9-8-10-18(24)3/h8-17H,6-7H2,1-5H3/b25-17-,28-27?. The van der Waals surface area contributed by atoms with Gasteiger partial charge in [-0.15, -0.1) is 0 Å². The van der Waals surface area contributed by atoms with Gasteiger partial charge >= 0.3 is 0 Å². The fraction of sp³-hybridized carbons (Fsp3) is 0.259. The first-order chi connectivity index (χ1) is 15.9. The Bertz CT molecular complexity index is 1240. The molecule has 3 aromatic rings. The van der Waals surface area contributed by atoms with Gasteiger partial charge in [0.1, 0.15) is 5.75 Å². The molecule has 0 bridgehead atoms. The molecule has 0 N–H and O–H groups in total. The highest BCUT2D eigenvalue weighted by Crippen LogP contribution is 2.35. The van der Waals surface area contributed by atoms with Gasteiger partial charge in [0.25, 0.3) is 5.91 Å². The van der Waals surface area contributed by atoms with Crippen LogP contribution in [0.15, 0.2) is 64.5 Å². The van der Waals surface area contributed by atoms with Crippen LogP contribution in [0.3, 0.4) is 0 Å². The number of amidine groups is 1. The third-order valence-corrected chi connectivity index (χ3v) is 6.70. The normalized spacial score (nSPS) is 16.3. The van der Waals surface area contributed by atoms with E-state index in [9.17, 15) is 4.79 Å². The van der Waals surface area contributed by atoms with Crippen LogP contribution < -0.4 is 4.74 Å². The van der Waals surface area contributed by atoms with Crippen molar-refractivity contribution in [2.45, 2.75) is 34.6 Å². The van der Waals surface area contributed by atoms with Crippen LogP contribution in [0.25, 0.3) is 11.8 Å². The van der Waals surface area contributed by atoms with Crippen molar-refractivity contribution in [2.75, 3.05) is 13.2 Å². The number of aromatic nitrogens is 1. The number of para-hydroxylation sites is 1. The molecular formula is C27H29N3O2S. The fourth-order valence-corrected chi connectivity index (χ4v) is 5.08. The molecule has 1 aromatic heterocycles. The number of carbonyl (C=O) groups is 1.